The molecule has 0 aromatic heterocycles. The Morgan fingerprint density at radius 3 is 2.47 bits per heavy atom. The number of hydrogen-bond acceptors (Lipinski definition) is 2. The van der Waals surface area contributed by atoms with Crippen molar-refractivity contribution in [3.63, 3.8) is 0 Å². The molecule has 2 nitrogen and oxygen atoms in total. The zero-order valence-electron chi connectivity index (χ0n) is 10.9. The highest BCUT2D eigenvalue weighted by Gasteiger charge is 2.19. The molecule has 0 aliphatic heterocycles. The number of ketones is 1. The van der Waals surface area contributed by atoms with Crippen LogP contribution in [0.3, 0.4) is 0 Å². The van der Waals surface area contributed by atoms with E-state index in [1.54, 1.807) is 0 Å². The maximum absolute atomic E-state index is 11.2. The van der Waals surface area contributed by atoms with E-state index in [0.717, 1.165) is 24.0 Å². The highest BCUT2D eigenvalue weighted by molar-refractivity contribution is 5.79. The summed E-state index contributed by atoms with van der Waals surface area (Å²) in [6, 6.07) is 9.56. The molecule has 19 heavy (non-hydrogen) atoms. The molecule has 0 N–H and O–H groups in total. The third-order valence-corrected chi connectivity index (χ3v) is 3.60. The highest BCUT2D eigenvalue weighted by atomic mass is 16.1. The standard InChI is InChI=1S/C17H17NO/c1-13(16-8-10-17(19)11-9-16)2-3-14-4-6-15(12-18)7-5-14/h2-7,16H,1,8-11H2/b3-2+. The number of rotatable bonds is 3. The van der Waals surface area contributed by atoms with Crippen molar-refractivity contribution in [3.05, 3.63) is 53.6 Å². The number of carbonyl (C=O) groups excluding carboxylic acids is 1. The molecule has 1 aliphatic carbocycles. The maximum Gasteiger partial charge on any atom is 0.132 e. The Morgan fingerprint density at radius 2 is 1.89 bits per heavy atom. The molecule has 2 heteroatoms. The van der Waals surface area contributed by atoms with E-state index in [-0.39, 0.29) is 0 Å². The normalized spacial score (nSPS) is 16.5. The van der Waals surface area contributed by atoms with E-state index in [0.29, 0.717) is 30.1 Å². The molecule has 1 aromatic rings. The van der Waals surface area contributed by atoms with Gasteiger partial charge in [-0.25, -0.2) is 0 Å². The first-order valence-electron chi connectivity index (χ1n) is 6.58. The Balaban J connectivity index is 1.96. The lowest BCUT2D eigenvalue weighted by Gasteiger charge is -2.21. The average Bonchev–Trinajstić information content (AvgIpc) is 2.46. The molecule has 1 saturated carbocycles. The Labute approximate surface area is 114 Å². The predicted octanol–water partition coefficient (Wildman–Crippen LogP) is 3.89. The van der Waals surface area contributed by atoms with Gasteiger partial charge in [0, 0.05) is 12.8 Å². The average molecular weight is 251 g/mol. The van der Waals surface area contributed by atoms with Gasteiger partial charge in [0.25, 0.3) is 0 Å². The molecule has 0 heterocycles. The molecule has 0 spiro atoms. The van der Waals surface area contributed by atoms with Gasteiger partial charge in [-0.2, -0.15) is 5.26 Å². The van der Waals surface area contributed by atoms with Crippen molar-refractivity contribution in [1.29, 1.82) is 5.26 Å². The molecule has 1 aliphatic rings. The topological polar surface area (TPSA) is 40.9 Å². The van der Waals surface area contributed by atoms with Gasteiger partial charge in [0.2, 0.25) is 0 Å². The fourth-order valence-corrected chi connectivity index (χ4v) is 2.32. The minimum Gasteiger partial charge on any atom is -0.300 e. The van der Waals surface area contributed by atoms with E-state index in [1.807, 2.05) is 36.4 Å². The van der Waals surface area contributed by atoms with Crippen molar-refractivity contribution in [2.45, 2.75) is 25.7 Å². The molecular formula is C17H17NO. The number of nitrogens with zero attached hydrogens (tertiary/aromatic N) is 1. The second-order valence-electron chi connectivity index (χ2n) is 4.96. The quantitative estimate of drug-likeness (QED) is 0.765. The van der Waals surface area contributed by atoms with Crippen LogP contribution in [0.4, 0.5) is 0 Å². The minimum absolute atomic E-state index is 0.375. The van der Waals surface area contributed by atoms with Gasteiger partial charge in [0.15, 0.2) is 0 Å². The van der Waals surface area contributed by atoms with Crippen molar-refractivity contribution in [2.24, 2.45) is 5.92 Å². The number of allylic oxidation sites excluding steroid dienone is 2. The van der Waals surface area contributed by atoms with Crippen LogP contribution in [0.15, 0.2) is 42.5 Å². The summed E-state index contributed by atoms with van der Waals surface area (Å²) in [5, 5.41) is 8.73. The second-order valence-corrected chi connectivity index (χ2v) is 4.96. The van der Waals surface area contributed by atoms with Crippen LogP contribution in [-0.2, 0) is 4.79 Å². The third-order valence-electron chi connectivity index (χ3n) is 3.60. The SMILES string of the molecule is C=C(/C=C/c1ccc(C#N)cc1)C1CCC(=O)CC1. The summed E-state index contributed by atoms with van der Waals surface area (Å²) in [6.45, 7) is 4.10. The monoisotopic (exact) mass is 251 g/mol. The summed E-state index contributed by atoms with van der Waals surface area (Å²) in [6.07, 6.45) is 7.27. The van der Waals surface area contributed by atoms with Gasteiger partial charge >= 0.3 is 0 Å². The largest absolute Gasteiger partial charge is 0.300 e. The van der Waals surface area contributed by atoms with Crippen LogP contribution in [0.1, 0.15) is 36.8 Å². The zero-order chi connectivity index (χ0) is 13.7. The van der Waals surface area contributed by atoms with Crippen molar-refractivity contribution in [2.75, 3.05) is 0 Å². The molecule has 0 atom stereocenters. The zero-order valence-corrected chi connectivity index (χ0v) is 10.9. The fourth-order valence-electron chi connectivity index (χ4n) is 2.32. The van der Waals surface area contributed by atoms with Crippen LogP contribution < -0.4 is 0 Å². The summed E-state index contributed by atoms with van der Waals surface area (Å²) in [4.78, 5) is 11.2. The Hall–Kier alpha value is -2.14. The van der Waals surface area contributed by atoms with Gasteiger partial charge in [-0.15, -0.1) is 0 Å². The van der Waals surface area contributed by atoms with E-state index >= 15 is 0 Å². The van der Waals surface area contributed by atoms with Crippen molar-refractivity contribution in [1.82, 2.24) is 0 Å². The number of hydrogen-bond donors (Lipinski definition) is 0. The number of benzene rings is 1. The lowest BCUT2D eigenvalue weighted by Crippen LogP contribution is -2.14. The van der Waals surface area contributed by atoms with Crippen molar-refractivity contribution < 1.29 is 4.79 Å². The molecule has 0 radical (unpaired) electrons. The summed E-state index contributed by atoms with van der Waals surface area (Å²) >= 11 is 0. The molecule has 0 amide bonds. The first-order valence-corrected chi connectivity index (χ1v) is 6.58. The van der Waals surface area contributed by atoms with Crippen LogP contribution in [0, 0.1) is 17.2 Å². The Morgan fingerprint density at radius 1 is 1.26 bits per heavy atom. The van der Waals surface area contributed by atoms with Gasteiger partial charge < -0.3 is 0 Å². The first-order chi connectivity index (χ1) is 9.19. The van der Waals surface area contributed by atoms with Gasteiger partial charge in [0.05, 0.1) is 11.6 Å². The van der Waals surface area contributed by atoms with Crippen LogP contribution in [-0.4, -0.2) is 5.78 Å². The van der Waals surface area contributed by atoms with Crippen LogP contribution >= 0.6 is 0 Å². The molecule has 0 saturated heterocycles. The molecule has 96 valence electrons. The smallest absolute Gasteiger partial charge is 0.132 e. The summed E-state index contributed by atoms with van der Waals surface area (Å²) < 4.78 is 0. The minimum atomic E-state index is 0.375. The number of nitriles is 1. The lowest BCUT2D eigenvalue weighted by molar-refractivity contribution is -0.120. The molecule has 1 aromatic carbocycles. The number of Topliss-reactive ketones (excluding diaryl/α,β-unsaturated/α-hetero) is 1. The molecule has 1 fully saturated rings. The van der Waals surface area contributed by atoms with Gasteiger partial charge in [0.1, 0.15) is 5.78 Å². The molecular weight excluding hydrogens is 234 g/mol. The van der Waals surface area contributed by atoms with Gasteiger partial charge in [-0.05, 0) is 36.5 Å². The maximum atomic E-state index is 11.2. The summed E-state index contributed by atoms with van der Waals surface area (Å²) in [5.41, 5.74) is 2.82. The van der Waals surface area contributed by atoms with Gasteiger partial charge in [-0.1, -0.05) is 36.4 Å². The molecule has 0 bridgehead atoms. The van der Waals surface area contributed by atoms with Crippen LogP contribution in [0.25, 0.3) is 6.08 Å². The van der Waals surface area contributed by atoms with Crippen molar-refractivity contribution >= 4 is 11.9 Å². The van der Waals surface area contributed by atoms with E-state index in [9.17, 15) is 4.79 Å². The van der Waals surface area contributed by atoms with Gasteiger partial charge in [-0.3, -0.25) is 4.79 Å². The van der Waals surface area contributed by atoms with E-state index < -0.39 is 0 Å². The number of carbonyl (C=O) groups is 1. The van der Waals surface area contributed by atoms with E-state index in [4.69, 9.17) is 5.26 Å². The molecule has 0 unspecified atom stereocenters. The Kier molecular flexibility index (Phi) is 4.30. The summed E-state index contributed by atoms with van der Waals surface area (Å²) in [7, 11) is 0. The van der Waals surface area contributed by atoms with Crippen molar-refractivity contribution in [3.8, 4) is 6.07 Å². The summed E-state index contributed by atoms with van der Waals surface area (Å²) in [5.74, 6) is 0.812. The lowest BCUT2D eigenvalue weighted by atomic mass is 9.83. The first kappa shape index (κ1) is 13.3. The van der Waals surface area contributed by atoms with E-state index in [1.165, 1.54) is 0 Å². The highest BCUT2D eigenvalue weighted by Crippen LogP contribution is 2.28. The Bertz CT molecular complexity index is 536. The molecule has 2 rings (SSSR count). The predicted molar refractivity (Wildman–Crippen MR) is 76.3 cm³/mol. The van der Waals surface area contributed by atoms with Crippen LogP contribution in [0.5, 0.6) is 0 Å². The third kappa shape index (κ3) is 3.66. The second kappa shape index (κ2) is 6.15. The van der Waals surface area contributed by atoms with E-state index in [2.05, 4.69) is 12.6 Å². The van der Waals surface area contributed by atoms with Crippen LogP contribution in [0.2, 0.25) is 0 Å². The fraction of sp³-hybridized carbons (Fsp3) is 0.294.